The van der Waals surface area contributed by atoms with E-state index in [4.69, 9.17) is 0 Å². The standard InChI is InChI=1S/C14H30FN/c1-4-5-6-7-8-9-10-11-12-13-14(15)16(2)3/h14H,4-13H2,1-3H3. The lowest BCUT2D eigenvalue weighted by molar-refractivity contribution is 0.124. The van der Waals surface area contributed by atoms with Gasteiger partial charge in [-0.2, -0.15) is 0 Å². The average Bonchev–Trinajstić information content (AvgIpc) is 2.26. The Labute approximate surface area is 101 Å². The second-order valence-electron chi connectivity index (χ2n) is 5.02. The molecule has 0 radical (unpaired) electrons. The summed E-state index contributed by atoms with van der Waals surface area (Å²) >= 11 is 0. The Morgan fingerprint density at radius 2 is 1.25 bits per heavy atom. The molecule has 2 heteroatoms. The Hall–Kier alpha value is -0.110. The van der Waals surface area contributed by atoms with Crippen LogP contribution in [0.1, 0.15) is 71.1 Å². The van der Waals surface area contributed by atoms with Gasteiger partial charge in [0, 0.05) is 0 Å². The fraction of sp³-hybridized carbons (Fsp3) is 1.00. The molecule has 0 amide bonds. The van der Waals surface area contributed by atoms with E-state index in [1.54, 1.807) is 19.0 Å². The number of alkyl halides is 1. The summed E-state index contributed by atoms with van der Waals surface area (Å²) in [6, 6.07) is 0. The molecule has 0 bridgehead atoms. The maximum Gasteiger partial charge on any atom is 0.153 e. The molecule has 0 rings (SSSR count). The molecule has 16 heavy (non-hydrogen) atoms. The first-order valence-electron chi connectivity index (χ1n) is 6.99. The molecule has 1 nitrogen and oxygen atoms in total. The third kappa shape index (κ3) is 10.4. The molecule has 0 aromatic carbocycles. The van der Waals surface area contributed by atoms with Crippen molar-refractivity contribution >= 4 is 0 Å². The van der Waals surface area contributed by atoms with Gasteiger partial charge in [0.05, 0.1) is 0 Å². The summed E-state index contributed by atoms with van der Waals surface area (Å²) in [7, 11) is 3.61. The Morgan fingerprint density at radius 1 is 0.812 bits per heavy atom. The zero-order valence-corrected chi connectivity index (χ0v) is 11.5. The van der Waals surface area contributed by atoms with Crippen LogP contribution >= 0.6 is 0 Å². The molecule has 0 spiro atoms. The summed E-state index contributed by atoms with van der Waals surface area (Å²) in [4.78, 5) is 1.66. The Balaban J connectivity index is 3.04. The first-order chi connectivity index (χ1) is 7.68. The maximum atomic E-state index is 13.2. The second kappa shape index (κ2) is 11.4. The van der Waals surface area contributed by atoms with E-state index in [1.807, 2.05) is 0 Å². The topological polar surface area (TPSA) is 3.24 Å². The van der Waals surface area contributed by atoms with Crippen LogP contribution in [0.3, 0.4) is 0 Å². The van der Waals surface area contributed by atoms with Crippen LogP contribution in [0, 0.1) is 0 Å². The molecular weight excluding hydrogens is 201 g/mol. The fourth-order valence-corrected chi connectivity index (χ4v) is 1.88. The molecule has 0 fully saturated rings. The van der Waals surface area contributed by atoms with Gasteiger partial charge in [0.1, 0.15) is 0 Å². The average molecular weight is 231 g/mol. The molecule has 0 aromatic rings. The van der Waals surface area contributed by atoms with Crippen molar-refractivity contribution in [2.75, 3.05) is 14.1 Å². The van der Waals surface area contributed by atoms with E-state index in [9.17, 15) is 4.39 Å². The van der Waals surface area contributed by atoms with Crippen LogP contribution in [0.5, 0.6) is 0 Å². The van der Waals surface area contributed by atoms with Crippen molar-refractivity contribution < 1.29 is 4.39 Å². The highest BCUT2D eigenvalue weighted by Gasteiger charge is 2.07. The van der Waals surface area contributed by atoms with Gasteiger partial charge in [-0.25, -0.2) is 4.39 Å². The van der Waals surface area contributed by atoms with E-state index < -0.39 is 6.30 Å². The normalized spacial score (nSPS) is 13.3. The van der Waals surface area contributed by atoms with Crippen molar-refractivity contribution in [3.05, 3.63) is 0 Å². The summed E-state index contributed by atoms with van der Waals surface area (Å²) in [6.07, 6.45) is 11.7. The number of rotatable bonds is 11. The van der Waals surface area contributed by atoms with Crippen molar-refractivity contribution in [2.24, 2.45) is 0 Å². The van der Waals surface area contributed by atoms with Gasteiger partial charge in [-0.15, -0.1) is 0 Å². The van der Waals surface area contributed by atoms with Crippen LogP contribution < -0.4 is 0 Å². The van der Waals surface area contributed by atoms with Gasteiger partial charge in [-0.05, 0) is 26.9 Å². The molecule has 0 aliphatic rings. The molecule has 0 aliphatic carbocycles. The van der Waals surface area contributed by atoms with Crippen molar-refractivity contribution in [3.8, 4) is 0 Å². The van der Waals surface area contributed by atoms with E-state index in [0.717, 1.165) is 6.42 Å². The third-order valence-electron chi connectivity index (χ3n) is 3.11. The van der Waals surface area contributed by atoms with Gasteiger partial charge < -0.3 is 0 Å². The minimum absolute atomic E-state index is 0.697. The van der Waals surface area contributed by atoms with Crippen molar-refractivity contribution in [3.63, 3.8) is 0 Å². The molecule has 0 saturated carbocycles. The molecule has 0 heterocycles. The van der Waals surface area contributed by atoms with Crippen molar-refractivity contribution in [1.29, 1.82) is 0 Å². The predicted molar refractivity (Wildman–Crippen MR) is 70.4 cm³/mol. The molecule has 1 unspecified atom stereocenters. The molecule has 98 valence electrons. The summed E-state index contributed by atoms with van der Waals surface area (Å²) in [5, 5.41) is 0. The minimum atomic E-state index is -0.746. The zero-order valence-electron chi connectivity index (χ0n) is 11.5. The molecule has 1 atom stereocenters. The van der Waals surface area contributed by atoms with Crippen LogP contribution in [-0.2, 0) is 0 Å². The highest BCUT2D eigenvalue weighted by molar-refractivity contribution is 4.53. The smallest absolute Gasteiger partial charge is 0.153 e. The third-order valence-corrected chi connectivity index (χ3v) is 3.11. The molecule has 0 saturated heterocycles. The van der Waals surface area contributed by atoms with Gasteiger partial charge in [-0.1, -0.05) is 58.3 Å². The van der Waals surface area contributed by atoms with Crippen LogP contribution in [0.2, 0.25) is 0 Å². The van der Waals surface area contributed by atoms with Gasteiger partial charge in [0.2, 0.25) is 0 Å². The SMILES string of the molecule is CCCCCCCCCCCC(F)N(C)C. The van der Waals surface area contributed by atoms with Gasteiger partial charge in [0.15, 0.2) is 6.30 Å². The highest BCUT2D eigenvalue weighted by Crippen LogP contribution is 2.12. The van der Waals surface area contributed by atoms with E-state index in [1.165, 1.54) is 51.4 Å². The van der Waals surface area contributed by atoms with E-state index in [0.29, 0.717) is 6.42 Å². The predicted octanol–water partition coefficient (Wildman–Crippen LogP) is 4.76. The highest BCUT2D eigenvalue weighted by atomic mass is 19.1. The molecule has 0 aliphatic heterocycles. The number of unbranched alkanes of at least 4 members (excludes halogenated alkanes) is 8. The van der Waals surface area contributed by atoms with Gasteiger partial charge in [0.25, 0.3) is 0 Å². The van der Waals surface area contributed by atoms with Crippen molar-refractivity contribution in [2.45, 2.75) is 77.4 Å². The summed E-state index contributed by atoms with van der Waals surface area (Å²) in [5.74, 6) is 0. The molecule has 0 aromatic heterocycles. The first kappa shape index (κ1) is 15.9. The quantitative estimate of drug-likeness (QED) is 0.366. The summed E-state index contributed by atoms with van der Waals surface area (Å²) in [6.45, 7) is 2.25. The van der Waals surface area contributed by atoms with Crippen LogP contribution in [-0.4, -0.2) is 25.3 Å². The fourth-order valence-electron chi connectivity index (χ4n) is 1.88. The molecule has 0 N–H and O–H groups in total. The van der Waals surface area contributed by atoms with Crippen LogP contribution in [0.4, 0.5) is 4.39 Å². The Kier molecular flexibility index (Phi) is 11.3. The van der Waals surface area contributed by atoms with E-state index in [-0.39, 0.29) is 0 Å². The molecular formula is C14H30FN. The van der Waals surface area contributed by atoms with E-state index in [2.05, 4.69) is 6.92 Å². The second-order valence-corrected chi connectivity index (χ2v) is 5.02. The minimum Gasteiger partial charge on any atom is -0.280 e. The largest absolute Gasteiger partial charge is 0.280 e. The summed E-state index contributed by atoms with van der Waals surface area (Å²) in [5.41, 5.74) is 0. The number of halogens is 1. The Morgan fingerprint density at radius 3 is 1.69 bits per heavy atom. The summed E-state index contributed by atoms with van der Waals surface area (Å²) < 4.78 is 13.2. The lowest BCUT2D eigenvalue weighted by atomic mass is 10.1. The lowest BCUT2D eigenvalue weighted by Gasteiger charge is -2.15. The number of nitrogens with zero attached hydrogens (tertiary/aromatic N) is 1. The number of hydrogen-bond donors (Lipinski definition) is 0. The van der Waals surface area contributed by atoms with Crippen LogP contribution in [0.15, 0.2) is 0 Å². The number of hydrogen-bond acceptors (Lipinski definition) is 1. The van der Waals surface area contributed by atoms with E-state index >= 15 is 0 Å². The van der Waals surface area contributed by atoms with Crippen LogP contribution in [0.25, 0.3) is 0 Å². The first-order valence-corrected chi connectivity index (χ1v) is 6.99. The van der Waals surface area contributed by atoms with Gasteiger partial charge in [-0.3, -0.25) is 4.90 Å². The van der Waals surface area contributed by atoms with Crippen molar-refractivity contribution in [1.82, 2.24) is 4.90 Å². The monoisotopic (exact) mass is 231 g/mol. The Bertz CT molecular complexity index is 137. The van der Waals surface area contributed by atoms with Gasteiger partial charge >= 0.3 is 0 Å². The lowest BCUT2D eigenvalue weighted by Crippen LogP contribution is -2.22. The maximum absolute atomic E-state index is 13.2. The zero-order chi connectivity index (χ0) is 12.2.